The fourth-order valence-corrected chi connectivity index (χ4v) is 3.93. The number of fused-ring (bicyclic) bond motifs is 1. The second-order valence-electron chi connectivity index (χ2n) is 7.12. The maximum atomic E-state index is 12.5. The van der Waals surface area contributed by atoms with E-state index in [0.29, 0.717) is 28.9 Å². The second-order valence-corrected chi connectivity index (χ2v) is 7.56. The van der Waals surface area contributed by atoms with Crippen molar-refractivity contribution in [1.29, 1.82) is 0 Å². The van der Waals surface area contributed by atoms with Gasteiger partial charge in [0.05, 0.1) is 17.6 Å². The van der Waals surface area contributed by atoms with Crippen molar-refractivity contribution in [2.75, 3.05) is 5.32 Å². The normalized spacial score (nSPS) is 15.5. The van der Waals surface area contributed by atoms with Gasteiger partial charge in [-0.1, -0.05) is 54.1 Å². The van der Waals surface area contributed by atoms with E-state index in [4.69, 9.17) is 11.6 Å². The third kappa shape index (κ3) is 3.23. The lowest BCUT2D eigenvalue weighted by Gasteiger charge is -2.24. The lowest BCUT2D eigenvalue weighted by Crippen LogP contribution is -2.25. The van der Waals surface area contributed by atoms with Crippen molar-refractivity contribution < 1.29 is 4.79 Å². The van der Waals surface area contributed by atoms with Gasteiger partial charge in [-0.05, 0) is 24.6 Å². The molecule has 2 aromatic heterocycles. The largest absolute Gasteiger partial charge is 0.310 e. The summed E-state index contributed by atoms with van der Waals surface area (Å²) >= 11 is 6.04. The first-order valence-corrected chi connectivity index (χ1v) is 9.88. The van der Waals surface area contributed by atoms with Gasteiger partial charge in [-0.2, -0.15) is 14.9 Å². The summed E-state index contributed by atoms with van der Waals surface area (Å²) in [6, 6.07) is 17.3. The first-order chi connectivity index (χ1) is 14.6. The molecule has 1 aliphatic rings. The van der Waals surface area contributed by atoms with Crippen LogP contribution in [0.2, 0.25) is 5.02 Å². The van der Waals surface area contributed by atoms with Gasteiger partial charge in [0.1, 0.15) is 5.82 Å². The molecule has 0 saturated heterocycles. The van der Waals surface area contributed by atoms with Crippen LogP contribution in [-0.4, -0.2) is 30.9 Å². The van der Waals surface area contributed by atoms with Crippen LogP contribution in [0.25, 0.3) is 17.2 Å². The highest BCUT2D eigenvalue weighted by Gasteiger charge is 2.33. The van der Waals surface area contributed by atoms with Crippen LogP contribution in [0, 0.1) is 6.92 Å². The summed E-state index contributed by atoms with van der Waals surface area (Å²) in [6.07, 6.45) is 1.95. The molecule has 0 aliphatic carbocycles. The Balaban J connectivity index is 1.62. The fraction of sp³-hybridized carbons (Fsp3) is 0.136. The Hall–Kier alpha value is -3.58. The van der Waals surface area contributed by atoms with Crippen molar-refractivity contribution in [1.82, 2.24) is 25.0 Å². The average molecular weight is 417 g/mol. The predicted octanol–water partition coefficient (Wildman–Crippen LogP) is 4.16. The van der Waals surface area contributed by atoms with E-state index in [0.717, 1.165) is 22.4 Å². The van der Waals surface area contributed by atoms with Crippen molar-refractivity contribution in [2.45, 2.75) is 19.3 Å². The zero-order valence-electron chi connectivity index (χ0n) is 16.1. The summed E-state index contributed by atoms with van der Waals surface area (Å²) in [5.74, 6) is 0.675. The number of aromatic nitrogens is 5. The molecule has 148 valence electrons. The summed E-state index contributed by atoms with van der Waals surface area (Å²) in [5.41, 5.74) is 4.37. The van der Waals surface area contributed by atoms with Gasteiger partial charge >= 0.3 is 0 Å². The van der Waals surface area contributed by atoms with E-state index in [9.17, 15) is 4.79 Å². The van der Waals surface area contributed by atoms with Gasteiger partial charge in [0.15, 0.2) is 0 Å². The van der Waals surface area contributed by atoms with Gasteiger partial charge in [-0.15, -0.1) is 5.10 Å². The molecule has 0 saturated carbocycles. The first-order valence-electron chi connectivity index (χ1n) is 9.50. The van der Waals surface area contributed by atoms with Crippen LogP contribution in [-0.2, 0) is 4.79 Å². The molecule has 1 amide bonds. The van der Waals surface area contributed by atoms with Crippen molar-refractivity contribution in [2.24, 2.45) is 0 Å². The maximum absolute atomic E-state index is 12.5. The molecular formula is C22H17ClN6O. The molecule has 3 heterocycles. The molecule has 0 radical (unpaired) electrons. The van der Waals surface area contributed by atoms with Gasteiger partial charge < -0.3 is 5.32 Å². The summed E-state index contributed by atoms with van der Waals surface area (Å²) in [4.78, 5) is 17.2. The zero-order chi connectivity index (χ0) is 20.7. The van der Waals surface area contributed by atoms with Crippen LogP contribution in [0.4, 0.5) is 5.82 Å². The topological polar surface area (TPSA) is 85.6 Å². The Morgan fingerprint density at radius 3 is 2.63 bits per heavy atom. The van der Waals surface area contributed by atoms with Crippen LogP contribution in [0.5, 0.6) is 0 Å². The number of hydrogen-bond donors (Lipinski definition) is 1. The van der Waals surface area contributed by atoms with E-state index in [1.165, 1.54) is 0 Å². The highest BCUT2D eigenvalue weighted by molar-refractivity contribution is 6.30. The average Bonchev–Trinajstić information content (AvgIpc) is 3.11. The zero-order valence-corrected chi connectivity index (χ0v) is 16.8. The minimum atomic E-state index is -0.120. The summed E-state index contributed by atoms with van der Waals surface area (Å²) in [7, 11) is 0. The molecule has 0 unspecified atom stereocenters. The molecular weight excluding hydrogens is 400 g/mol. The number of hydrogen-bond acceptors (Lipinski definition) is 5. The number of rotatable bonds is 3. The SMILES string of the molecule is Cc1nn(-c2nncc(-c3ccccc3)n2)c2c1[C@@H](c1ccc(Cl)cc1)CC(=O)N2. The van der Waals surface area contributed by atoms with Gasteiger partial charge in [-0.25, -0.2) is 4.98 Å². The molecule has 7 nitrogen and oxygen atoms in total. The Morgan fingerprint density at radius 1 is 1.10 bits per heavy atom. The monoisotopic (exact) mass is 416 g/mol. The number of benzene rings is 2. The van der Waals surface area contributed by atoms with E-state index in [2.05, 4.69) is 25.6 Å². The van der Waals surface area contributed by atoms with Crippen molar-refractivity contribution in [3.05, 3.63) is 82.6 Å². The third-order valence-corrected chi connectivity index (χ3v) is 5.43. The summed E-state index contributed by atoms with van der Waals surface area (Å²) < 4.78 is 1.56. The number of halogens is 1. The number of nitrogens with one attached hydrogen (secondary N) is 1. The van der Waals surface area contributed by atoms with Gasteiger partial charge in [0.25, 0.3) is 5.95 Å². The lowest BCUT2D eigenvalue weighted by atomic mass is 9.86. The molecule has 0 bridgehead atoms. The summed E-state index contributed by atoms with van der Waals surface area (Å²) in [6.45, 7) is 1.92. The number of carbonyl (C=O) groups excluding carboxylic acids is 1. The van der Waals surface area contributed by atoms with E-state index < -0.39 is 0 Å². The fourth-order valence-electron chi connectivity index (χ4n) is 3.80. The number of amides is 1. The quantitative estimate of drug-likeness (QED) is 0.542. The minimum Gasteiger partial charge on any atom is -0.310 e. The Bertz CT molecular complexity index is 1240. The number of nitrogens with zero attached hydrogens (tertiary/aromatic N) is 5. The molecule has 0 spiro atoms. The number of anilines is 1. The molecule has 5 rings (SSSR count). The Labute approximate surface area is 177 Å². The van der Waals surface area contributed by atoms with E-state index >= 15 is 0 Å². The van der Waals surface area contributed by atoms with Crippen molar-refractivity contribution >= 4 is 23.3 Å². The molecule has 1 N–H and O–H groups in total. The van der Waals surface area contributed by atoms with Gasteiger partial charge in [0.2, 0.25) is 5.91 Å². The maximum Gasteiger partial charge on any atom is 0.272 e. The molecule has 30 heavy (non-hydrogen) atoms. The smallest absolute Gasteiger partial charge is 0.272 e. The Morgan fingerprint density at radius 2 is 1.87 bits per heavy atom. The number of carbonyl (C=O) groups is 1. The van der Waals surface area contributed by atoms with Crippen LogP contribution < -0.4 is 5.32 Å². The third-order valence-electron chi connectivity index (χ3n) is 5.18. The lowest BCUT2D eigenvalue weighted by molar-refractivity contribution is -0.116. The highest BCUT2D eigenvalue weighted by atomic mass is 35.5. The van der Waals surface area contributed by atoms with Crippen LogP contribution >= 0.6 is 11.6 Å². The van der Waals surface area contributed by atoms with Crippen LogP contribution in [0.1, 0.15) is 29.2 Å². The summed E-state index contributed by atoms with van der Waals surface area (Å²) in [5, 5.41) is 16.5. The highest BCUT2D eigenvalue weighted by Crippen LogP contribution is 2.40. The van der Waals surface area contributed by atoms with E-state index in [1.54, 1.807) is 10.9 Å². The number of aryl methyl sites for hydroxylation is 1. The predicted molar refractivity (Wildman–Crippen MR) is 114 cm³/mol. The van der Waals surface area contributed by atoms with Gasteiger partial charge in [0, 0.05) is 28.5 Å². The van der Waals surface area contributed by atoms with Gasteiger partial charge in [-0.3, -0.25) is 4.79 Å². The van der Waals surface area contributed by atoms with Crippen molar-refractivity contribution in [3.63, 3.8) is 0 Å². The van der Waals surface area contributed by atoms with E-state index in [1.807, 2.05) is 61.5 Å². The first kappa shape index (κ1) is 18.4. The molecule has 0 fully saturated rings. The molecule has 1 atom stereocenters. The van der Waals surface area contributed by atoms with E-state index in [-0.39, 0.29) is 11.8 Å². The molecule has 4 aromatic rings. The standard InChI is InChI=1S/C22H17ClN6O/c1-13-20-17(14-7-9-16(23)10-8-14)11-19(30)26-21(20)29(28-13)22-25-18(12-24-27-22)15-5-3-2-4-6-15/h2-10,12,17H,11H2,1H3,(H,26,30)/t17-/m1/s1. The van der Waals surface area contributed by atoms with Crippen LogP contribution in [0.15, 0.2) is 60.8 Å². The van der Waals surface area contributed by atoms with Crippen LogP contribution in [0.3, 0.4) is 0 Å². The molecule has 1 aliphatic heterocycles. The van der Waals surface area contributed by atoms with Crippen molar-refractivity contribution in [3.8, 4) is 17.2 Å². The molecule has 8 heteroatoms. The second kappa shape index (κ2) is 7.35. The molecule has 2 aromatic carbocycles. The Kier molecular flexibility index (Phi) is 4.52. The minimum absolute atomic E-state index is 0.0872.